The van der Waals surface area contributed by atoms with Crippen LogP contribution >= 0.6 is 0 Å². The number of hydrogen-bond acceptors (Lipinski definition) is 5. The largest absolute Gasteiger partial charge is 0.395 e. The van der Waals surface area contributed by atoms with E-state index in [1.165, 1.54) is 62.5 Å². The molecule has 11 rings (SSSR count). The van der Waals surface area contributed by atoms with Crippen LogP contribution in [0.25, 0.3) is 0 Å². The van der Waals surface area contributed by atoms with Crippen molar-refractivity contribution in [3.63, 3.8) is 0 Å². The number of aryl methyl sites for hydroxylation is 1. The summed E-state index contributed by atoms with van der Waals surface area (Å²) in [5.74, 6) is 3.27. The molecule has 8 saturated carbocycles. The van der Waals surface area contributed by atoms with E-state index in [2.05, 4.69) is 65.1 Å². The van der Waals surface area contributed by atoms with E-state index >= 15 is 0 Å². The normalized spacial score (nSPS) is 44.6. The maximum atomic E-state index is 14.8. The van der Waals surface area contributed by atoms with Crippen molar-refractivity contribution in [2.45, 2.75) is 122 Å². The summed E-state index contributed by atoms with van der Waals surface area (Å²) in [6.45, 7) is 14.2. The van der Waals surface area contributed by atoms with Gasteiger partial charge in [-0.2, -0.15) is 0 Å². The third-order valence-electron chi connectivity index (χ3n) is 16.4. The number of piperidine rings is 1. The fourth-order valence-corrected chi connectivity index (χ4v) is 16.0. The predicted molar refractivity (Wildman–Crippen MR) is 201 cm³/mol. The van der Waals surface area contributed by atoms with E-state index in [1.807, 2.05) is 0 Å². The molecule has 51 heavy (non-hydrogen) atoms. The molecule has 1 aromatic carbocycles. The summed E-state index contributed by atoms with van der Waals surface area (Å²) in [4.78, 5) is 36.3. The van der Waals surface area contributed by atoms with Crippen LogP contribution in [0.5, 0.6) is 0 Å². The van der Waals surface area contributed by atoms with Crippen molar-refractivity contribution >= 4 is 11.8 Å². The molecule has 7 heteroatoms. The Labute approximate surface area is 307 Å². The summed E-state index contributed by atoms with van der Waals surface area (Å²) in [6.07, 6.45) is 16.6. The fraction of sp³-hybridized carbons (Fsp3) is 0.818. The minimum atomic E-state index is -0.245. The maximum Gasteiger partial charge on any atom is 0.228 e. The molecule has 2 aliphatic heterocycles. The molecule has 1 aromatic rings. The molecule has 8 aliphatic carbocycles. The molecular formula is C44H66N4O3. The summed E-state index contributed by atoms with van der Waals surface area (Å²) >= 11 is 0. The van der Waals surface area contributed by atoms with E-state index in [0.29, 0.717) is 53.0 Å². The summed E-state index contributed by atoms with van der Waals surface area (Å²) in [7, 11) is 0. The highest BCUT2D eigenvalue weighted by Gasteiger charge is 2.67. The smallest absolute Gasteiger partial charge is 0.228 e. The Balaban J connectivity index is 0.953. The van der Waals surface area contributed by atoms with Gasteiger partial charge in [0.15, 0.2) is 0 Å². The molecule has 2 amide bonds. The molecule has 10 fully saturated rings. The van der Waals surface area contributed by atoms with Crippen molar-refractivity contribution in [1.29, 1.82) is 0 Å². The first-order valence-corrected chi connectivity index (χ1v) is 21.2. The second kappa shape index (κ2) is 12.5. The van der Waals surface area contributed by atoms with Gasteiger partial charge in [-0.25, -0.2) is 0 Å². The number of nitrogens with zero attached hydrogens (tertiary/aromatic N) is 3. The standard InChI is InChI=1S/C44H66N4O3/c1-31-7-9-35(10-8-31)44-25-32-20-34(26-42(23-32,30-44)39(51)48-16-14-46(15-17-48)18-19-49)37(44)36-6-4-5-12-47(36)13-11-45-38(50)43-24-33-21-40(2,28-43)27-41(3,22-33)29-43/h7-10,32-34,36-37,49H,4-6,11-30H2,1-3H3,(H,45,50). The van der Waals surface area contributed by atoms with Crippen LogP contribution in [-0.2, 0) is 15.0 Å². The van der Waals surface area contributed by atoms with Crippen LogP contribution in [0.3, 0.4) is 0 Å². The number of carbonyl (C=O) groups excluding carboxylic acids is 2. The molecular weight excluding hydrogens is 633 g/mol. The second-order valence-corrected chi connectivity index (χ2v) is 20.6. The second-order valence-electron chi connectivity index (χ2n) is 20.6. The van der Waals surface area contributed by atoms with Crippen LogP contribution in [0.2, 0.25) is 0 Å². The van der Waals surface area contributed by atoms with Crippen LogP contribution in [-0.4, -0.2) is 96.6 Å². The Morgan fingerprint density at radius 3 is 2.24 bits per heavy atom. The van der Waals surface area contributed by atoms with Gasteiger partial charge in [0.1, 0.15) is 0 Å². The Morgan fingerprint density at radius 2 is 1.53 bits per heavy atom. The molecule has 0 aromatic heterocycles. The van der Waals surface area contributed by atoms with Crippen LogP contribution in [0.4, 0.5) is 0 Å². The SMILES string of the molecule is Cc1ccc(C23CC4CC(CC(C(=O)N5CCN(CCO)CC5)(C4)C2)C3C2CCCCN2CCNC(=O)C23CC4CC(C)(CC(C)(C4)C2)C3)cc1. The lowest BCUT2D eigenvalue weighted by atomic mass is 9.37. The zero-order valence-electron chi connectivity index (χ0n) is 32.1. The number of aliphatic hydroxyl groups excluding tert-OH is 1. The van der Waals surface area contributed by atoms with Crippen molar-refractivity contribution in [2.24, 2.45) is 45.3 Å². The average molecular weight is 699 g/mol. The molecule has 7 nitrogen and oxygen atoms in total. The predicted octanol–water partition coefficient (Wildman–Crippen LogP) is 6.16. The molecule has 0 radical (unpaired) electrons. The number of hydrogen-bond donors (Lipinski definition) is 2. The molecule has 8 bridgehead atoms. The zero-order valence-corrected chi connectivity index (χ0v) is 32.1. The average Bonchev–Trinajstić information content (AvgIpc) is 3.07. The van der Waals surface area contributed by atoms with E-state index in [9.17, 15) is 14.7 Å². The molecule has 8 atom stereocenters. The zero-order chi connectivity index (χ0) is 35.2. The van der Waals surface area contributed by atoms with Crippen molar-refractivity contribution in [1.82, 2.24) is 20.0 Å². The van der Waals surface area contributed by atoms with Crippen LogP contribution in [0.1, 0.15) is 115 Å². The van der Waals surface area contributed by atoms with Crippen molar-refractivity contribution in [3.05, 3.63) is 35.4 Å². The number of piperazine rings is 1. The van der Waals surface area contributed by atoms with Gasteiger partial charge < -0.3 is 15.3 Å². The third kappa shape index (κ3) is 5.84. The van der Waals surface area contributed by atoms with Gasteiger partial charge in [0.25, 0.3) is 0 Å². The lowest BCUT2D eigenvalue weighted by Crippen LogP contribution is -2.68. The van der Waals surface area contributed by atoms with E-state index in [-0.39, 0.29) is 22.9 Å². The van der Waals surface area contributed by atoms with Crippen molar-refractivity contribution in [2.75, 3.05) is 59.0 Å². The number of β-amino-alcohol motifs (C(OH)–C–C–N with tert-alkyl or cyclic N) is 1. The number of amides is 2. The maximum absolute atomic E-state index is 14.8. The Morgan fingerprint density at radius 1 is 0.804 bits per heavy atom. The van der Waals surface area contributed by atoms with Gasteiger partial charge in [-0.1, -0.05) is 50.1 Å². The fourth-order valence-electron chi connectivity index (χ4n) is 16.0. The lowest BCUT2D eigenvalue weighted by molar-refractivity contribution is -0.178. The lowest BCUT2D eigenvalue weighted by Gasteiger charge is -2.68. The first-order valence-electron chi connectivity index (χ1n) is 21.2. The quantitative estimate of drug-likeness (QED) is 0.323. The van der Waals surface area contributed by atoms with Gasteiger partial charge in [-0.15, -0.1) is 0 Å². The molecule has 2 N–H and O–H groups in total. The van der Waals surface area contributed by atoms with Gasteiger partial charge in [0, 0.05) is 57.3 Å². The Hall–Kier alpha value is -1.96. The van der Waals surface area contributed by atoms with Crippen LogP contribution in [0, 0.1) is 52.3 Å². The summed E-state index contributed by atoms with van der Waals surface area (Å²) in [5, 5.41) is 13.1. The van der Waals surface area contributed by atoms with Crippen molar-refractivity contribution in [3.8, 4) is 0 Å². The summed E-state index contributed by atoms with van der Waals surface area (Å²) in [5.41, 5.74) is 3.13. The number of nitrogens with one attached hydrogen (secondary N) is 1. The van der Waals surface area contributed by atoms with Crippen LogP contribution < -0.4 is 5.32 Å². The first-order chi connectivity index (χ1) is 24.5. The summed E-state index contributed by atoms with van der Waals surface area (Å²) in [6, 6.07) is 10.0. The molecule has 0 spiro atoms. The summed E-state index contributed by atoms with van der Waals surface area (Å²) < 4.78 is 0. The highest BCUT2D eigenvalue weighted by Crippen LogP contribution is 2.71. The minimum Gasteiger partial charge on any atom is -0.395 e. The van der Waals surface area contributed by atoms with E-state index in [4.69, 9.17) is 0 Å². The highest BCUT2D eigenvalue weighted by molar-refractivity contribution is 5.84. The topological polar surface area (TPSA) is 76.1 Å². The monoisotopic (exact) mass is 699 g/mol. The highest BCUT2D eigenvalue weighted by atomic mass is 16.3. The molecule has 2 heterocycles. The van der Waals surface area contributed by atoms with Crippen LogP contribution in [0.15, 0.2) is 24.3 Å². The Kier molecular flexibility index (Phi) is 8.56. The van der Waals surface area contributed by atoms with E-state index in [1.54, 1.807) is 0 Å². The number of likely N-dealkylation sites (tertiary alicyclic amines) is 1. The van der Waals surface area contributed by atoms with Crippen molar-refractivity contribution < 1.29 is 14.7 Å². The molecule has 10 aliphatic rings. The van der Waals surface area contributed by atoms with E-state index < -0.39 is 0 Å². The van der Waals surface area contributed by atoms with Gasteiger partial charge >= 0.3 is 0 Å². The Bertz CT molecular complexity index is 1490. The van der Waals surface area contributed by atoms with Gasteiger partial charge in [0.2, 0.25) is 11.8 Å². The molecule has 8 unspecified atom stereocenters. The number of rotatable bonds is 9. The van der Waals surface area contributed by atoms with Gasteiger partial charge in [-0.05, 0) is 137 Å². The number of aliphatic hydroxyl groups is 1. The van der Waals surface area contributed by atoms with Gasteiger partial charge in [-0.3, -0.25) is 19.4 Å². The molecule has 2 saturated heterocycles. The minimum absolute atomic E-state index is 0.0275. The third-order valence-corrected chi connectivity index (χ3v) is 16.4. The number of carbonyl (C=O) groups is 2. The first kappa shape index (κ1) is 34.8. The molecule has 280 valence electrons. The van der Waals surface area contributed by atoms with Gasteiger partial charge in [0.05, 0.1) is 17.4 Å². The number of benzene rings is 1. The van der Waals surface area contributed by atoms with E-state index in [0.717, 1.165) is 90.3 Å².